The van der Waals surface area contributed by atoms with Crippen LogP contribution in [0.4, 0.5) is 22.0 Å². The third-order valence-corrected chi connectivity index (χ3v) is 1.67. The number of aryl methyl sites for hydroxylation is 1. The summed E-state index contributed by atoms with van der Waals surface area (Å²) in [6.45, 7) is 1.11. The summed E-state index contributed by atoms with van der Waals surface area (Å²) in [7, 11) is 0. The quantitative estimate of drug-likeness (QED) is 0.811. The lowest BCUT2D eigenvalue weighted by Gasteiger charge is -2.11. The molecule has 0 radical (unpaired) electrons. The molecule has 16 heavy (non-hydrogen) atoms. The molecule has 8 heteroatoms. The van der Waals surface area contributed by atoms with Crippen LogP contribution in [0.2, 0.25) is 0 Å². The van der Waals surface area contributed by atoms with Crippen LogP contribution >= 0.6 is 0 Å². The summed E-state index contributed by atoms with van der Waals surface area (Å²) in [5, 5.41) is 0. The number of halogens is 5. The zero-order valence-electron chi connectivity index (χ0n) is 7.86. The monoisotopic (exact) mass is 243 g/mol. The smallest absolute Gasteiger partial charge is 0.390 e. The van der Waals surface area contributed by atoms with Gasteiger partial charge in [-0.3, -0.25) is 9.78 Å². The first kappa shape index (κ1) is 12.5. The molecule has 0 amide bonds. The first-order chi connectivity index (χ1) is 7.20. The predicted octanol–water partition coefficient (Wildman–Crippen LogP) is 2.52. The highest BCUT2D eigenvalue weighted by Crippen LogP contribution is 2.25. The molecule has 0 saturated heterocycles. The van der Waals surface area contributed by atoms with Gasteiger partial charge in [0.1, 0.15) is 0 Å². The Balaban J connectivity index is 3.16. The normalized spacial score (nSPS) is 11.9. The number of aromatic amines is 1. The Labute approximate surface area is 85.8 Å². The summed E-state index contributed by atoms with van der Waals surface area (Å²) in [5.41, 5.74) is -2.43. The number of aromatic nitrogens is 1. The molecule has 0 saturated carbocycles. The van der Waals surface area contributed by atoms with Gasteiger partial charge < -0.3 is 4.74 Å². The highest BCUT2D eigenvalue weighted by molar-refractivity contribution is 5.29. The second-order valence-corrected chi connectivity index (χ2v) is 2.91. The maximum absolute atomic E-state index is 12.2. The number of nitrogens with one attached hydrogen (secondary N) is 1. The molecule has 1 rings (SSSR count). The molecule has 3 nitrogen and oxygen atoms in total. The predicted molar refractivity (Wildman–Crippen MR) is 43.4 cm³/mol. The lowest BCUT2D eigenvalue weighted by molar-refractivity contribution is -0.276. The molecule has 0 aromatic carbocycles. The zero-order valence-corrected chi connectivity index (χ0v) is 7.86. The fourth-order valence-electron chi connectivity index (χ4n) is 1.02. The Bertz CT molecular complexity index is 437. The van der Waals surface area contributed by atoms with E-state index in [4.69, 9.17) is 0 Å². The first-order valence-corrected chi connectivity index (χ1v) is 3.98. The molecule has 0 fully saturated rings. The molecule has 0 aliphatic rings. The molecule has 1 heterocycles. The standard InChI is InChI=1S/C8H6F5NO2/c1-3-2-4(5(9)10)6(15)14-7(3)16-8(11,12)13/h2,5H,1H3,(H,14,15). The van der Waals surface area contributed by atoms with E-state index in [1.54, 1.807) is 4.98 Å². The average Bonchev–Trinajstić information content (AvgIpc) is 2.07. The van der Waals surface area contributed by atoms with Crippen LogP contribution in [0.15, 0.2) is 10.9 Å². The van der Waals surface area contributed by atoms with Gasteiger partial charge in [0.05, 0.1) is 5.56 Å². The third-order valence-electron chi connectivity index (χ3n) is 1.67. The minimum absolute atomic E-state index is 0.229. The average molecular weight is 243 g/mol. The van der Waals surface area contributed by atoms with Crippen molar-refractivity contribution in [1.29, 1.82) is 0 Å². The van der Waals surface area contributed by atoms with Crippen LogP contribution < -0.4 is 10.3 Å². The lowest BCUT2D eigenvalue weighted by atomic mass is 10.2. The molecule has 0 aliphatic carbocycles. The number of pyridine rings is 1. The number of hydrogen-bond donors (Lipinski definition) is 1. The maximum atomic E-state index is 12.2. The third kappa shape index (κ3) is 2.94. The van der Waals surface area contributed by atoms with Crippen LogP contribution in [0.25, 0.3) is 0 Å². The van der Waals surface area contributed by atoms with E-state index in [0.717, 1.165) is 6.92 Å². The Morgan fingerprint density at radius 2 is 1.94 bits per heavy atom. The van der Waals surface area contributed by atoms with Gasteiger partial charge in [-0.2, -0.15) is 0 Å². The first-order valence-electron chi connectivity index (χ1n) is 3.98. The van der Waals surface area contributed by atoms with Gasteiger partial charge in [0.15, 0.2) is 0 Å². The van der Waals surface area contributed by atoms with Crippen molar-refractivity contribution in [2.24, 2.45) is 0 Å². The van der Waals surface area contributed by atoms with E-state index in [1.807, 2.05) is 0 Å². The number of H-pyrrole nitrogens is 1. The van der Waals surface area contributed by atoms with E-state index < -0.39 is 29.8 Å². The molecular weight excluding hydrogens is 237 g/mol. The SMILES string of the molecule is Cc1cc(C(F)F)c(=O)[nH]c1OC(F)(F)F. The zero-order chi connectivity index (χ0) is 12.5. The summed E-state index contributed by atoms with van der Waals surface area (Å²) in [6, 6.07) is 0.657. The largest absolute Gasteiger partial charge is 0.574 e. The van der Waals surface area contributed by atoms with Crippen molar-refractivity contribution in [1.82, 2.24) is 4.98 Å². The van der Waals surface area contributed by atoms with Crippen molar-refractivity contribution >= 4 is 0 Å². The highest BCUT2D eigenvalue weighted by Gasteiger charge is 2.32. The van der Waals surface area contributed by atoms with Crippen LogP contribution in [0, 0.1) is 6.92 Å². The number of rotatable bonds is 2. The fourth-order valence-corrected chi connectivity index (χ4v) is 1.02. The van der Waals surface area contributed by atoms with Crippen LogP contribution in [0.5, 0.6) is 5.88 Å². The molecule has 0 aliphatic heterocycles. The van der Waals surface area contributed by atoms with Gasteiger partial charge in [-0.25, -0.2) is 8.78 Å². The Morgan fingerprint density at radius 3 is 2.38 bits per heavy atom. The molecule has 0 spiro atoms. The molecular formula is C8H6F5NO2. The molecule has 0 unspecified atom stereocenters. The van der Waals surface area contributed by atoms with E-state index in [2.05, 4.69) is 4.74 Å². The van der Waals surface area contributed by atoms with Crippen LogP contribution in [0.1, 0.15) is 17.6 Å². The van der Waals surface area contributed by atoms with Crippen LogP contribution in [0.3, 0.4) is 0 Å². The number of alkyl halides is 5. The summed E-state index contributed by atoms with van der Waals surface area (Å²) in [6.07, 6.45) is -8.04. The van der Waals surface area contributed by atoms with Crippen molar-refractivity contribution in [2.75, 3.05) is 0 Å². The topological polar surface area (TPSA) is 42.1 Å². The molecule has 0 bridgehead atoms. The van der Waals surface area contributed by atoms with Crippen LogP contribution in [-0.4, -0.2) is 11.3 Å². The summed E-state index contributed by atoms with van der Waals surface area (Å²) in [4.78, 5) is 12.5. The van der Waals surface area contributed by atoms with Crippen LogP contribution in [-0.2, 0) is 0 Å². The van der Waals surface area contributed by atoms with E-state index in [-0.39, 0.29) is 5.56 Å². The number of ether oxygens (including phenoxy) is 1. The van der Waals surface area contributed by atoms with Crippen molar-refractivity contribution in [3.63, 3.8) is 0 Å². The van der Waals surface area contributed by atoms with Gasteiger partial charge in [0.2, 0.25) is 5.88 Å². The summed E-state index contributed by atoms with van der Waals surface area (Å²) >= 11 is 0. The number of hydrogen-bond acceptors (Lipinski definition) is 2. The second-order valence-electron chi connectivity index (χ2n) is 2.91. The summed E-state index contributed by atoms with van der Waals surface area (Å²) in [5.74, 6) is -0.887. The van der Waals surface area contributed by atoms with Gasteiger partial charge in [-0.05, 0) is 13.0 Å². The molecule has 1 N–H and O–H groups in total. The van der Waals surface area contributed by atoms with Crippen molar-refractivity contribution in [3.05, 3.63) is 27.5 Å². The van der Waals surface area contributed by atoms with Crippen molar-refractivity contribution in [3.8, 4) is 5.88 Å². The molecule has 1 aromatic rings. The fraction of sp³-hybridized carbons (Fsp3) is 0.375. The van der Waals surface area contributed by atoms with Crippen molar-refractivity contribution < 1.29 is 26.7 Å². The van der Waals surface area contributed by atoms with E-state index in [0.29, 0.717) is 6.07 Å². The van der Waals surface area contributed by atoms with Crippen molar-refractivity contribution in [2.45, 2.75) is 19.7 Å². The van der Waals surface area contributed by atoms with E-state index in [9.17, 15) is 26.7 Å². The second kappa shape index (κ2) is 4.11. The molecule has 90 valence electrons. The van der Waals surface area contributed by atoms with Gasteiger partial charge in [-0.1, -0.05) is 0 Å². The van der Waals surface area contributed by atoms with E-state index >= 15 is 0 Å². The van der Waals surface area contributed by atoms with Gasteiger partial charge >= 0.3 is 6.36 Å². The Hall–Kier alpha value is -1.60. The summed E-state index contributed by atoms with van der Waals surface area (Å²) < 4.78 is 63.3. The highest BCUT2D eigenvalue weighted by atomic mass is 19.4. The molecule has 1 aromatic heterocycles. The minimum Gasteiger partial charge on any atom is -0.390 e. The van der Waals surface area contributed by atoms with Gasteiger partial charge in [0.25, 0.3) is 12.0 Å². The Kier molecular flexibility index (Phi) is 3.20. The van der Waals surface area contributed by atoms with E-state index in [1.165, 1.54) is 0 Å². The Morgan fingerprint density at radius 1 is 1.38 bits per heavy atom. The lowest BCUT2D eigenvalue weighted by Crippen LogP contribution is -2.22. The van der Waals surface area contributed by atoms with Gasteiger partial charge in [-0.15, -0.1) is 13.2 Å². The molecule has 0 atom stereocenters. The minimum atomic E-state index is -4.99. The maximum Gasteiger partial charge on any atom is 0.574 e. The van der Waals surface area contributed by atoms with Gasteiger partial charge in [0, 0.05) is 5.56 Å².